The molecule has 1 heterocycles. The van der Waals surface area contributed by atoms with Crippen molar-refractivity contribution in [2.75, 3.05) is 0 Å². The first-order valence-electron chi connectivity index (χ1n) is 2.45. The van der Waals surface area contributed by atoms with E-state index in [4.69, 9.17) is 4.42 Å². The largest absolute Gasteiger partial charge is 0.457 e. The van der Waals surface area contributed by atoms with Crippen LogP contribution in [0.5, 0.6) is 0 Å². The standard InChI is InChI=1S/C6H5IO2/c1-4-2-5(7)6(3-8)9-4/h2-3H,1H3. The Hall–Kier alpha value is -0.320. The minimum Gasteiger partial charge on any atom is -0.457 e. The topological polar surface area (TPSA) is 30.2 Å². The van der Waals surface area contributed by atoms with Crippen molar-refractivity contribution in [1.82, 2.24) is 0 Å². The van der Waals surface area contributed by atoms with Crippen LogP contribution in [-0.4, -0.2) is 6.29 Å². The molecule has 0 radical (unpaired) electrons. The van der Waals surface area contributed by atoms with Crippen LogP contribution in [0.3, 0.4) is 0 Å². The number of rotatable bonds is 1. The highest BCUT2D eigenvalue weighted by Crippen LogP contribution is 2.14. The second-order valence-electron chi connectivity index (χ2n) is 1.69. The number of aryl methyl sites for hydroxylation is 1. The SMILES string of the molecule is Cc1cc(I)c(C=O)o1. The third-order valence-corrected chi connectivity index (χ3v) is 1.79. The summed E-state index contributed by atoms with van der Waals surface area (Å²) >= 11 is 2.06. The molecule has 9 heavy (non-hydrogen) atoms. The highest BCUT2D eigenvalue weighted by atomic mass is 127. The number of carbonyl (C=O) groups is 1. The highest BCUT2D eigenvalue weighted by molar-refractivity contribution is 14.1. The Morgan fingerprint density at radius 3 is 2.67 bits per heavy atom. The minimum absolute atomic E-state index is 0.424. The first-order chi connectivity index (χ1) is 4.24. The number of carbonyl (C=O) groups excluding carboxylic acids is 1. The lowest BCUT2D eigenvalue weighted by Gasteiger charge is -1.78. The van der Waals surface area contributed by atoms with Gasteiger partial charge in [0.25, 0.3) is 0 Å². The summed E-state index contributed by atoms with van der Waals surface area (Å²) in [6.45, 7) is 1.81. The Morgan fingerprint density at radius 1 is 1.78 bits per heavy atom. The number of halogens is 1. The van der Waals surface area contributed by atoms with Gasteiger partial charge in [0.05, 0.1) is 3.57 Å². The number of aldehydes is 1. The molecule has 0 spiro atoms. The van der Waals surface area contributed by atoms with E-state index in [1.165, 1.54) is 0 Å². The molecule has 0 saturated heterocycles. The fourth-order valence-electron chi connectivity index (χ4n) is 0.582. The van der Waals surface area contributed by atoms with Gasteiger partial charge in [-0.05, 0) is 35.6 Å². The summed E-state index contributed by atoms with van der Waals surface area (Å²) in [5.74, 6) is 1.20. The second kappa shape index (κ2) is 2.51. The number of hydrogen-bond donors (Lipinski definition) is 0. The maximum atomic E-state index is 10.1. The van der Waals surface area contributed by atoms with Crippen molar-refractivity contribution in [1.29, 1.82) is 0 Å². The monoisotopic (exact) mass is 236 g/mol. The van der Waals surface area contributed by atoms with Crippen molar-refractivity contribution in [3.05, 3.63) is 21.2 Å². The van der Waals surface area contributed by atoms with E-state index >= 15 is 0 Å². The Kier molecular flexibility index (Phi) is 1.90. The zero-order chi connectivity index (χ0) is 6.85. The van der Waals surface area contributed by atoms with E-state index in [1.807, 2.05) is 13.0 Å². The van der Waals surface area contributed by atoms with Gasteiger partial charge in [-0.15, -0.1) is 0 Å². The van der Waals surface area contributed by atoms with E-state index in [-0.39, 0.29) is 0 Å². The maximum Gasteiger partial charge on any atom is 0.186 e. The van der Waals surface area contributed by atoms with Gasteiger partial charge in [-0.2, -0.15) is 0 Å². The van der Waals surface area contributed by atoms with Gasteiger partial charge in [-0.25, -0.2) is 0 Å². The Labute approximate surface area is 66.4 Å². The molecule has 0 bridgehead atoms. The molecule has 1 aromatic heterocycles. The molecule has 0 amide bonds. The van der Waals surface area contributed by atoms with Gasteiger partial charge in [-0.3, -0.25) is 4.79 Å². The molecule has 3 heteroatoms. The van der Waals surface area contributed by atoms with Crippen molar-refractivity contribution in [2.24, 2.45) is 0 Å². The molecular weight excluding hydrogens is 231 g/mol. The molecule has 0 unspecified atom stereocenters. The summed E-state index contributed by atoms with van der Waals surface area (Å²) < 4.78 is 5.86. The maximum absolute atomic E-state index is 10.1. The van der Waals surface area contributed by atoms with Crippen LogP contribution in [0.25, 0.3) is 0 Å². The zero-order valence-electron chi connectivity index (χ0n) is 4.85. The third-order valence-electron chi connectivity index (χ3n) is 0.943. The normalized spacial score (nSPS) is 9.56. The van der Waals surface area contributed by atoms with E-state index in [0.717, 1.165) is 15.6 Å². The Bertz CT molecular complexity index is 227. The van der Waals surface area contributed by atoms with Crippen LogP contribution in [0, 0.1) is 10.5 Å². The molecule has 1 aromatic rings. The fourth-order valence-corrected chi connectivity index (χ4v) is 1.26. The van der Waals surface area contributed by atoms with Crippen LogP contribution in [0.15, 0.2) is 10.5 Å². The first kappa shape index (κ1) is 6.80. The quantitative estimate of drug-likeness (QED) is 0.551. The van der Waals surface area contributed by atoms with Crippen molar-refractivity contribution >= 4 is 28.9 Å². The third kappa shape index (κ3) is 1.32. The fraction of sp³-hybridized carbons (Fsp3) is 0.167. The lowest BCUT2D eigenvalue weighted by molar-refractivity contribution is 0.109. The number of hydrogen-bond acceptors (Lipinski definition) is 2. The zero-order valence-corrected chi connectivity index (χ0v) is 7.01. The molecule has 48 valence electrons. The lowest BCUT2D eigenvalue weighted by Crippen LogP contribution is -1.73. The van der Waals surface area contributed by atoms with Crippen LogP contribution in [0.2, 0.25) is 0 Å². The van der Waals surface area contributed by atoms with E-state index in [2.05, 4.69) is 22.6 Å². The van der Waals surface area contributed by atoms with E-state index in [9.17, 15) is 4.79 Å². The highest BCUT2D eigenvalue weighted by Gasteiger charge is 2.02. The van der Waals surface area contributed by atoms with Crippen molar-refractivity contribution < 1.29 is 9.21 Å². The van der Waals surface area contributed by atoms with E-state index < -0.39 is 0 Å². The van der Waals surface area contributed by atoms with Gasteiger partial charge in [0.2, 0.25) is 0 Å². The van der Waals surface area contributed by atoms with Crippen LogP contribution in [0.1, 0.15) is 16.3 Å². The molecule has 0 atom stereocenters. The summed E-state index contributed by atoms with van der Waals surface area (Å²) in [7, 11) is 0. The predicted molar refractivity (Wildman–Crippen MR) is 41.5 cm³/mol. The van der Waals surface area contributed by atoms with Gasteiger partial charge in [-0.1, -0.05) is 0 Å². The summed E-state index contributed by atoms with van der Waals surface area (Å²) in [4.78, 5) is 10.1. The van der Waals surface area contributed by atoms with Crippen LogP contribution in [-0.2, 0) is 0 Å². The molecule has 0 aliphatic rings. The van der Waals surface area contributed by atoms with Crippen molar-refractivity contribution in [3.8, 4) is 0 Å². The Morgan fingerprint density at radius 2 is 2.44 bits per heavy atom. The van der Waals surface area contributed by atoms with Crippen molar-refractivity contribution in [2.45, 2.75) is 6.92 Å². The van der Waals surface area contributed by atoms with Crippen LogP contribution < -0.4 is 0 Å². The molecule has 0 saturated carbocycles. The molecule has 0 N–H and O–H groups in total. The second-order valence-corrected chi connectivity index (χ2v) is 2.85. The van der Waals surface area contributed by atoms with Gasteiger partial charge >= 0.3 is 0 Å². The first-order valence-corrected chi connectivity index (χ1v) is 3.53. The van der Waals surface area contributed by atoms with E-state index in [1.54, 1.807) is 0 Å². The molecular formula is C6H5IO2. The van der Waals surface area contributed by atoms with Crippen LogP contribution in [0.4, 0.5) is 0 Å². The van der Waals surface area contributed by atoms with Gasteiger partial charge in [0.15, 0.2) is 12.0 Å². The van der Waals surface area contributed by atoms with Gasteiger partial charge < -0.3 is 4.42 Å². The van der Waals surface area contributed by atoms with Crippen LogP contribution >= 0.6 is 22.6 Å². The molecule has 1 rings (SSSR count). The molecule has 0 aliphatic carbocycles. The molecule has 0 aromatic carbocycles. The summed E-state index contributed by atoms with van der Waals surface area (Å²) in [6.07, 6.45) is 0.717. The number of furan rings is 1. The summed E-state index contributed by atoms with van der Waals surface area (Å²) in [5.41, 5.74) is 0. The molecule has 2 nitrogen and oxygen atoms in total. The Balaban J connectivity index is 3.15. The summed E-state index contributed by atoms with van der Waals surface area (Å²) in [6, 6.07) is 1.82. The van der Waals surface area contributed by atoms with Crippen molar-refractivity contribution in [3.63, 3.8) is 0 Å². The average molecular weight is 236 g/mol. The minimum atomic E-state index is 0.424. The van der Waals surface area contributed by atoms with Gasteiger partial charge in [0.1, 0.15) is 5.76 Å². The molecule has 0 aliphatic heterocycles. The average Bonchev–Trinajstić information content (AvgIpc) is 2.10. The predicted octanol–water partition coefficient (Wildman–Crippen LogP) is 2.01. The van der Waals surface area contributed by atoms with Gasteiger partial charge in [0, 0.05) is 0 Å². The lowest BCUT2D eigenvalue weighted by atomic mass is 10.5. The smallest absolute Gasteiger partial charge is 0.186 e. The summed E-state index contributed by atoms with van der Waals surface area (Å²) in [5, 5.41) is 0. The van der Waals surface area contributed by atoms with E-state index in [0.29, 0.717) is 5.76 Å². The molecule has 0 fully saturated rings.